The van der Waals surface area contributed by atoms with Crippen molar-refractivity contribution >= 4 is 34.1 Å². The second-order valence-corrected chi connectivity index (χ2v) is 6.90. The Morgan fingerprint density at radius 1 is 0.963 bits per heavy atom. The highest BCUT2D eigenvalue weighted by atomic mass is 35.5. The van der Waals surface area contributed by atoms with Gasteiger partial charge in [0, 0.05) is 10.4 Å². The van der Waals surface area contributed by atoms with Gasteiger partial charge in [0.05, 0.1) is 17.7 Å². The average molecular weight is 375 g/mol. The minimum atomic E-state index is -0.133. The van der Waals surface area contributed by atoms with Gasteiger partial charge in [-0.1, -0.05) is 54.1 Å². The maximum absolute atomic E-state index is 13.4. The number of benzene rings is 3. The van der Waals surface area contributed by atoms with Crippen LogP contribution in [0.15, 0.2) is 72.8 Å². The summed E-state index contributed by atoms with van der Waals surface area (Å²) in [6.45, 7) is 0.454. The van der Waals surface area contributed by atoms with Crippen molar-refractivity contribution in [2.24, 2.45) is 0 Å². The first-order chi connectivity index (χ1) is 13.2. The van der Waals surface area contributed by atoms with Crippen molar-refractivity contribution in [1.82, 2.24) is 4.98 Å². The van der Waals surface area contributed by atoms with Gasteiger partial charge < -0.3 is 9.72 Å². The second kappa shape index (κ2) is 6.18. The zero-order valence-corrected chi connectivity index (χ0v) is 15.0. The van der Waals surface area contributed by atoms with Crippen molar-refractivity contribution in [2.75, 3.05) is 4.90 Å². The van der Waals surface area contributed by atoms with Crippen LogP contribution in [0.25, 0.3) is 10.9 Å². The first kappa shape index (κ1) is 16.0. The molecule has 0 saturated carbocycles. The van der Waals surface area contributed by atoms with Gasteiger partial charge in [-0.05, 0) is 35.9 Å². The van der Waals surface area contributed by atoms with E-state index in [1.54, 1.807) is 17.0 Å². The van der Waals surface area contributed by atoms with Crippen LogP contribution in [0.4, 0.5) is 5.69 Å². The Morgan fingerprint density at radius 2 is 1.74 bits per heavy atom. The molecule has 1 aromatic heterocycles. The quantitative estimate of drug-likeness (QED) is 0.483. The topological polar surface area (TPSA) is 45.3 Å². The molecule has 0 fully saturated rings. The molecule has 4 nitrogen and oxygen atoms in total. The van der Waals surface area contributed by atoms with E-state index < -0.39 is 0 Å². The Morgan fingerprint density at radius 3 is 2.59 bits per heavy atom. The number of para-hydroxylation sites is 2. The minimum Gasteiger partial charge on any atom is -0.452 e. The Balaban J connectivity index is 1.70. The number of halogens is 1. The molecule has 1 aliphatic heterocycles. The third-order valence-electron chi connectivity index (χ3n) is 4.72. The molecule has 2 heterocycles. The summed E-state index contributed by atoms with van der Waals surface area (Å²) in [7, 11) is 0. The molecule has 5 heteroatoms. The van der Waals surface area contributed by atoms with E-state index in [1.165, 1.54) is 0 Å². The van der Waals surface area contributed by atoms with E-state index in [-0.39, 0.29) is 5.91 Å². The molecule has 27 heavy (non-hydrogen) atoms. The maximum atomic E-state index is 13.4. The van der Waals surface area contributed by atoms with Crippen molar-refractivity contribution in [1.29, 1.82) is 0 Å². The lowest BCUT2D eigenvalue weighted by Crippen LogP contribution is -2.29. The number of ether oxygens (including phenoxy) is 1. The van der Waals surface area contributed by atoms with Crippen LogP contribution < -0.4 is 9.64 Å². The number of hydrogen-bond donors (Lipinski definition) is 1. The molecule has 3 aromatic carbocycles. The van der Waals surface area contributed by atoms with Crippen LogP contribution in [-0.4, -0.2) is 10.9 Å². The number of nitrogens with one attached hydrogen (secondary N) is 1. The normalized spacial score (nSPS) is 13.1. The molecular formula is C22H15ClN2O2. The molecule has 0 spiro atoms. The smallest absolute Gasteiger partial charge is 0.279 e. The van der Waals surface area contributed by atoms with Crippen LogP contribution in [0.5, 0.6) is 11.5 Å². The van der Waals surface area contributed by atoms with E-state index in [1.807, 2.05) is 60.7 Å². The molecule has 5 rings (SSSR count). The fourth-order valence-electron chi connectivity index (χ4n) is 3.44. The number of aromatic amines is 1. The van der Waals surface area contributed by atoms with Gasteiger partial charge in [0.25, 0.3) is 5.91 Å². The highest BCUT2D eigenvalue weighted by molar-refractivity contribution is 6.31. The predicted molar refractivity (Wildman–Crippen MR) is 107 cm³/mol. The number of fused-ring (bicyclic) bond motifs is 4. The van der Waals surface area contributed by atoms with Crippen LogP contribution in [0.1, 0.15) is 16.1 Å². The van der Waals surface area contributed by atoms with Gasteiger partial charge in [-0.15, -0.1) is 0 Å². The monoisotopic (exact) mass is 374 g/mol. The van der Waals surface area contributed by atoms with E-state index in [0.29, 0.717) is 28.8 Å². The number of rotatable bonds is 2. The minimum absolute atomic E-state index is 0.133. The van der Waals surface area contributed by atoms with Crippen LogP contribution in [-0.2, 0) is 6.54 Å². The van der Waals surface area contributed by atoms with Crippen molar-refractivity contribution in [2.45, 2.75) is 6.54 Å². The van der Waals surface area contributed by atoms with Gasteiger partial charge in [0.15, 0.2) is 11.5 Å². The number of anilines is 1. The maximum Gasteiger partial charge on any atom is 0.279 e. The van der Waals surface area contributed by atoms with Crippen molar-refractivity contribution < 1.29 is 9.53 Å². The summed E-state index contributed by atoms with van der Waals surface area (Å²) in [6.07, 6.45) is 0. The third kappa shape index (κ3) is 2.66. The number of carbonyl (C=O) groups is 1. The molecule has 0 radical (unpaired) electrons. The third-order valence-corrected chi connectivity index (χ3v) is 4.96. The van der Waals surface area contributed by atoms with Gasteiger partial charge in [-0.2, -0.15) is 0 Å². The number of H-pyrrole nitrogens is 1. The number of amides is 1. The molecule has 0 unspecified atom stereocenters. The largest absolute Gasteiger partial charge is 0.452 e. The number of hydrogen-bond acceptors (Lipinski definition) is 2. The van der Waals surface area contributed by atoms with Gasteiger partial charge >= 0.3 is 0 Å². The van der Waals surface area contributed by atoms with Gasteiger partial charge in [-0.25, -0.2) is 0 Å². The van der Waals surface area contributed by atoms with E-state index in [9.17, 15) is 4.79 Å². The average Bonchev–Trinajstić information content (AvgIpc) is 2.99. The summed E-state index contributed by atoms with van der Waals surface area (Å²) in [4.78, 5) is 18.4. The summed E-state index contributed by atoms with van der Waals surface area (Å²) in [5.41, 5.74) is 3.00. The van der Waals surface area contributed by atoms with Gasteiger partial charge in [-0.3, -0.25) is 9.69 Å². The SMILES string of the molecule is O=C1c2[nH]c3cc(Cl)ccc3c2Oc2ccccc2N1Cc1ccccc1. The zero-order valence-electron chi connectivity index (χ0n) is 14.3. The molecule has 0 aliphatic carbocycles. The Labute approximate surface area is 160 Å². The Kier molecular flexibility index (Phi) is 3.66. The molecule has 1 N–H and O–H groups in total. The van der Waals surface area contributed by atoms with Crippen molar-refractivity contribution in [3.63, 3.8) is 0 Å². The van der Waals surface area contributed by atoms with Crippen LogP contribution in [0, 0.1) is 0 Å². The van der Waals surface area contributed by atoms with E-state index in [2.05, 4.69) is 4.98 Å². The number of carbonyl (C=O) groups excluding carboxylic acids is 1. The molecule has 4 aromatic rings. The Bertz CT molecular complexity index is 1170. The molecule has 1 aliphatic rings. The molecule has 0 atom stereocenters. The number of aromatic nitrogens is 1. The van der Waals surface area contributed by atoms with Crippen LogP contribution in [0.3, 0.4) is 0 Å². The molecule has 0 saturated heterocycles. The summed E-state index contributed by atoms with van der Waals surface area (Å²) in [5.74, 6) is 1.05. The second-order valence-electron chi connectivity index (χ2n) is 6.47. The van der Waals surface area contributed by atoms with Gasteiger partial charge in [0.1, 0.15) is 5.69 Å². The summed E-state index contributed by atoms with van der Waals surface area (Å²) in [6, 6.07) is 23.0. The van der Waals surface area contributed by atoms with Crippen molar-refractivity contribution in [3.05, 3.63) is 89.1 Å². The van der Waals surface area contributed by atoms with Crippen LogP contribution >= 0.6 is 11.6 Å². The lowest BCUT2D eigenvalue weighted by molar-refractivity contribution is 0.0981. The first-order valence-corrected chi connectivity index (χ1v) is 9.02. The summed E-state index contributed by atoms with van der Waals surface area (Å²) < 4.78 is 6.20. The number of nitrogens with zero attached hydrogens (tertiary/aromatic N) is 1. The lowest BCUT2D eigenvalue weighted by Gasteiger charge is -2.22. The highest BCUT2D eigenvalue weighted by Crippen LogP contribution is 2.43. The van der Waals surface area contributed by atoms with Crippen LogP contribution in [0.2, 0.25) is 5.02 Å². The predicted octanol–water partition coefficient (Wildman–Crippen LogP) is 5.77. The van der Waals surface area contributed by atoms with Gasteiger partial charge in [0.2, 0.25) is 0 Å². The summed E-state index contributed by atoms with van der Waals surface area (Å²) in [5, 5.41) is 1.44. The standard InChI is InChI=1S/C22H15ClN2O2/c23-15-10-11-16-17(12-15)24-20-21(16)27-19-9-5-4-8-18(19)25(22(20)26)13-14-6-2-1-3-7-14/h1-12,24H,13H2. The fourth-order valence-corrected chi connectivity index (χ4v) is 3.62. The van der Waals surface area contributed by atoms with E-state index in [0.717, 1.165) is 22.2 Å². The summed E-state index contributed by atoms with van der Waals surface area (Å²) >= 11 is 6.11. The Hall–Kier alpha value is -3.24. The zero-order chi connectivity index (χ0) is 18.4. The lowest BCUT2D eigenvalue weighted by atomic mass is 10.1. The molecule has 132 valence electrons. The highest BCUT2D eigenvalue weighted by Gasteiger charge is 2.31. The molecule has 1 amide bonds. The first-order valence-electron chi connectivity index (χ1n) is 8.64. The van der Waals surface area contributed by atoms with E-state index in [4.69, 9.17) is 16.3 Å². The van der Waals surface area contributed by atoms with Crippen molar-refractivity contribution in [3.8, 4) is 11.5 Å². The van der Waals surface area contributed by atoms with E-state index >= 15 is 0 Å². The molecule has 0 bridgehead atoms. The molecular weight excluding hydrogens is 360 g/mol. The fraction of sp³-hybridized carbons (Fsp3) is 0.0455.